The molecule has 214 valence electrons. The van der Waals surface area contributed by atoms with E-state index in [4.69, 9.17) is 9.97 Å². The van der Waals surface area contributed by atoms with Gasteiger partial charge in [-0.05, 0) is 76.0 Å². The first-order valence-electron chi connectivity index (χ1n) is 14.4. The second-order valence-electron chi connectivity index (χ2n) is 11.9. The van der Waals surface area contributed by atoms with Gasteiger partial charge in [0.25, 0.3) is 0 Å². The summed E-state index contributed by atoms with van der Waals surface area (Å²) in [5.41, 5.74) is 14.3. The molecular formula is C31H39N9O. The quantitative estimate of drug-likeness (QED) is 0.252. The summed E-state index contributed by atoms with van der Waals surface area (Å²) in [7, 11) is 3.93. The fourth-order valence-electron chi connectivity index (χ4n) is 6.14. The Balaban J connectivity index is 1.04. The summed E-state index contributed by atoms with van der Waals surface area (Å²) in [5.74, 6) is 0.546. The molecule has 1 aliphatic heterocycles. The lowest BCUT2D eigenvalue weighted by Crippen LogP contribution is -2.48. The first-order valence-corrected chi connectivity index (χ1v) is 14.4. The van der Waals surface area contributed by atoms with Gasteiger partial charge in [-0.1, -0.05) is 18.2 Å². The van der Waals surface area contributed by atoms with Gasteiger partial charge in [-0.3, -0.25) is 9.78 Å². The van der Waals surface area contributed by atoms with Gasteiger partial charge in [0, 0.05) is 48.9 Å². The Kier molecular flexibility index (Phi) is 7.70. The molecule has 1 amide bonds. The molecule has 10 heteroatoms. The Bertz CT molecular complexity index is 1440. The van der Waals surface area contributed by atoms with Crippen LogP contribution in [0, 0.1) is 0 Å². The number of amides is 1. The molecule has 41 heavy (non-hydrogen) atoms. The van der Waals surface area contributed by atoms with Crippen molar-refractivity contribution >= 4 is 23.2 Å². The second kappa shape index (κ2) is 11.6. The lowest BCUT2D eigenvalue weighted by Gasteiger charge is -2.39. The number of likely N-dealkylation sites (N-methyl/N-ethyl adjacent to an activating group) is 1. The summed E-state index contributed by atoms with van der Waals surface area (Å²) in [6.07, 6.45) is 12.2. The summed E-state index contributed by atoms with van der Waals surface area (Å²) in [6, 6.07) is 10.6. The van der Waals surface area contributed by atoms with Gasteiger partial charge in [-0.15, -0.1) is 0 Å². The van der Waals surface area contributed by atoms with Gasteiger partial charge in [0.1, 0.15) is 0 Å². The fourth-order valence-corrected chi connectivity index (χ4v) is 6.14. The monoisotopic (exact) mass is 553 g/mol. The molecule has 1 aromatic carbocycles. The van der Waals surface area contributed by atoms with Crippen molar-refractivity contribution in [1.82, 2.24) is 30.6 Å². The molecule has 6 rings (SSSR count). The number of pyridine rings is 1. The number of carbonyl (C=O) groups is 1. The number of carbonyl (C=O) groups excluding carboxylic acids is 1. The normalized spacial score (nSPS) is 22.7. The van der Waals surface area contributed by atoms with Crippen molar-refractivity contribution in [3.63, 3.8) is 0 Å². The van der Waals surface area contributed by atoms with Crippen LogP contribution in [0.1, 0.15) is 66.7 Å². The minimum Gasteiger partial charge on any atom is -0.351 e. The number of fused-ring (bicyclic) bond motifs is 2. The van der Waals surface area contributed by atoms with Crippen molar-refractivity contribution in [3.8, 4) is 0 Å². The van der Waals surface area contributed by atoms with Crippen LogP contribution in [0.5, 0.6) is 0 Å². The molecule has 1 fully saturated rings. The third kappa shape index (κ3) is 6.24. The van der Waals surface area contributed by atoms with Crippen molar-refractivity contribution < 1.29 is 4.79 Å². The van der Waals surface area contributed by atoms with E-state index < -0.39 is 0 Å². The molecule has 3 aromatic rings. The highest BCUT2D eigenvalue weighted by molar-refractivity contribution is 5.99. The Hall–Kier alpha value is -3.86. The summed E-state index contributed by atoms with van der Waals surface area (Å²) >= 11 is 0. The highest BCUT2D eigenvalue weighted by atomic mass is 16.1. The third-order valence-corrected chi connectivity index (χ3v) is 8.23. The summed E-state index contributed by atoms with van der Waals surface area (Å²) in [5, 5.41) is 10.3. The lowest BCUT2D eigenvalue weighted by atomic mass is 9.80. The van der Waals surface area contributed by atoms with Gasteiger partial charge in [-0.2, -0.15) is 0 Å². The molecule has 0 spiro atoms. The number of anilines is 3. The van der Waals surface area contributed by atoms with Crippen LogP contribution < -0.4 is 26.8 Å². The van der Waals surface area contributed by atoms with Crippen LogP contribution in [0.25, 0.3) is 0 Å². The Morgan fingerprint density at radius 1 is 1.17 bits per heavy atom. The highest BCUT2D eigenvalue weighted by Crippen LogP contribution is 2.41. The van der Waals surface area contributed by atoms with Crippen molar-refractivity contribution in [2.45, 2.75) is 63.2 Å². The van der Waals surface area contributed by atoms with Gasteiger partial charge < -0.3 is 26.3 Å². The van der Waals surface area contributed by atoms with Gasteiger partial charge in [-0.25, -0.2) is 15.4 Å². The fraction of sp³-hybridized carbons (Fsp3) is 0.419. The van der Waals surface area contributed by atoms with E-state index in [1.807, 2.05) is 43.4 Å². The molecular weight excluding hydrogens is 514 g/mol. The van der Waals surface area contributed by atoms with E-state index in [1.165, 1.54) is 16.7 Å². The SMILES string of the molecule is CN(C)C/C=C/C(=O)Nc1ccc(CN[C@@]2(C)CCC[C@@H](Nc3ncc4c(n3)C3NNc5cccc(c53)C4)C2)nc1. The number of hydrogen-bond donors (Lipinski definition) is 5. The molecule has 2 aromatic heterocycles. The number of rotatable bonds is 9. The number of nitrogens with zero attached hydrogens (tertiary/aromatic N) is 4. The largest absolute Gasteiger partial charge is 0.351 e. The smallest absolute Gasteiger partial charge is 0.248 e. The van der Waals surface area contributed by atoms with Crippen molar-refractivity contribution in [2.75, 3.05) is 36.7 Å². The lowest BCUT2D eigenvalue weighted by molar-refractivity contribution is -0.111. The van der Waals surface area contributed by atoms with E-state index in [1.54, 1.807) is 12.3 Å². The van der Waals surface area contributed by atoms with Gasteiger partial charge >= 0.3 is 0 Å². The van der Waals surface area contributed by atoms with Crippen molar-refractivity contribution in [1.29, 1.82) is 0 Å². The molecule has 3 atom stereocenters. The van der Waals surface area contributed by atoms with Gasteiger partial charge in [0.05, 0.1) is 35.0 Å². The zero-order chi connectivity index (χ0) is 28.4. The number of hydrazine groups is 1. The molecule has 1 unspecified atom stereocenters. The zero-order valence-corrected chi connectivity index (χ0v) is 24.0. The number of nitrogens with one attached hydrogen (secondary N) is 5. The van der Waals surface area contributed by atoms with Crippen LogP contribution in [0.3, 0.4) is 0 Å². The maximum absolute atomic E-state index is 12.1. The summed E-state index contributed by atoms with van der Waals surface area (Å²) in [6.45, 7) is 3.67. The predicted molar refractivity (Wildman–Crippen MR) is 162 cm³/mol. The van der Waals surface area contributed by atoms with Crippen LogP contribution in [0.15, 0.2) is 54.9 Å². The average Bonchev–Trinajstić information content (AvgIpc) is 3.39. The van der Waals surface area contributed by atoms with Crippen LogP contribution in [-0.4, -0.2) is 58.0 Å². The van der Waals surface area contributed by atoms with Crippen LogP contribution in [0.2, 0.25) is 0 Å². The Labute approximate surface area is 241 Å². The van der Waals surface area contributed by atoms with Gasteiger partial charge in [0.15, 0.2) is 0 Å². The molecule has 5 N–H and O–H groups in total. The second-order valence-corrected chi connectivity index (χ2v) is 11.9. The maximum Gasteiger partial charge on any atom is 0.248 e. The Morgan fingerprint density at radius 2 is 2.07 bits per heavy atom. The minimum atomic E-state index is -0.151. The van der Waals surface area contributed by atoms with E-state index in [0.29, 0.717) is 18.2 Å². The first-order chi connectivity index (χ1) is 19.8. The van der Waals surface area contributed by atoms with E-state index >= 15 is 0 Å². The minimum absolute atomic E-state index is 0.0271. The number of benzene rings is 1. The zero-order valence-electron chi connectivity index (χ0n) is 24.0. The van der Waals surface area contributed by atoms with E-state index in [2.05, 4.69) is 56.9 Å². The van der Waals surface area contributed by atoms with Crippen molar-refractivity contribution in [2.24, 2.45) is 0 Å². The standard InChI is InChI=1S/C31H39N9O/c1-31(34-19-23-11-12-24(18-32-23)35-26(41)10-6-14-40(2)3)13-5-8-22(16-31)36-30-33-17-21-15-20-7-4-9-25-27(20)29(39-38-25)28(21)37-30/h4,6-7,9-12,17-18,22,29,34,38-39H,5,8,13-16,19H2,1-3H3,(H,35,41)(H,33,36,37)/b10-6+/t22-,29?,31+/m1/s1. The van der Waals surface area contributed by atoms with E-state index in [0.717, 1.165) is 55.7 Å². The summed E-state index contributed by atoms with van der Waals surface area (Å²) < 4.78 is 0. The topological polar surface area (TPSA) is 119 Å². The van der Waals surface area contributed by atoms with Crippen LogP contribution >= 0.6 is 0 Å². The molecule has 3 aliphatic rings. The molecule has 1 saturated carbocycles. The molecule has 0 bridgehead atoms. The number of hydrogen-bond acceptors (Lipinski definition) is 9. The van der Waals surface area contributed by atoms with Crippen LogP contribution in [-0.2, 0) is 17.8 Å². The Morgan fingerprint density at radius 3 is 2.90 bits per heavy atom. The molecule has 2 aliphatic carbocycles. The maximum atomic E-state index is 12.1. The molecule has 3 heterocycles. The molecule has 0 saturated heterocycles. The third-order valence-electron chi connectivity index (χ3n) is 8.23. The molecule has 0 radical (unpaired) electrons. The predicted octanol–water partition coefficient (Wildman–Crippen LogP) is 3.75. The van der Waals surface area contributed by atoms with E-state index in [9.17, 15) is 4.79 Å². The van der Waals surface area contributed by atoms with Crippen LogP contribution in [0.4, 0.5) is 17.3 Å². The average molecular weight is 554 g/mol. The molecule has 10 nitrogen and oxygen atoms in total. The summed E-state index contributed by atoms with van der Waals surface area (Å²) in [4.78, 5) is 28.3. The highest BCUT2D eigenvalue weighted by Gasteiger charge is 2.35. The first kappa shape index (κ1) is 27.3. The number of aromatic nitrogens is 3. The van der Waals surface area contributed by atoms with Crippen molar-refractivity contribution in [3.05, 3.63) is 83.0 Å². The van der Waals surface area contributed by atoms with E-state index in [-0.39, 0.29) is 23.5 Å². The van der Waals surface area contributed by atoms with Gasteiger partial charge in [0.2, 0.25) is 11.9 Å².